The lowest BCUT2D eigenvalue weighted by Gasteiger charge is -1.98. The fourth-order valence-electron chi connectivity index (χ4n) is 1.55. The van der Waals surface area contributed by atoms with E-state index in [1.807, 2.05) is 24.3 Å². The van der Waals surface area contributed by atoms with Gasteiger partial charge in [0.1, 0.15) is 0 Å². The Bertz CT molecular complexity index is 610. The molecule has 5 nitrogen and oxygen atoms in total. The van der Waals surface area contributed by atoms with Gasteiger partial charge in [-0.3, -0.25) is 0 Å². The van der Waals surface area contributed by atoms with Crippen LogP contribution in [-0.4, -0.2) is 19.6 Å². The zero-order chi connectivity index (χ0) is 11.0. The Morgan fingerprint density at radius 3 is 2.81 bits per heavy atom. The van der Waals surface area contributed by atoms with E-state index in [1.165, 1.54) is 0 Å². The van der Waals surface area contributed by atoms with Gasteiger partial charge in [-0.15, -0.1) is 5.10 Å². The van der Waals surface area contributed by atoms with Gasteiger partial charge in [-0.05, 0) is 18.2 Å². The molecule has 0 radical (unpaired) electrons. The molecule has 0 atom stereocenters. The number of anilines is 1. The number of benzene rings is 1. The van der Waals surface area contributed by atoms with Crippen LogP contribution in [0.3, 0.4) is 0 Å². The third-order valence-corrected chi connectivity index (χ3v) is 2.32. The van der Waals surface area contributed by atoms with Crippen molar-refractivity contribution in [3.63, 3.8) is 0 Å². The Morgan fingerprint density at radius 1 is 1.12 bits per heavy atom. The normalized spacial score (nSPS) is 10.8. The summed E-state index contributed by atoms with van der Waals surface area (Å²) in [5.74, 6) is 1.16. The van der Waals surface area contributed by atoms with Gasteiger partial charge in [0.05, 0.1) is 0 Å². The minimum atomic E-state index is 0.570. The molecule has 0 bridgehead atoms. The summed E-state index contributed by atoms with van der Waals surface area (Å²) in [5.41, 5.74) is 7.36. The smallest absolute Gasteiger partial charge is 0.252 e. The molecular weight excluding hydrogens is 202 g/mol. The van der Waals surface area contributed by atoms with E-state index in [4.69, 9.17) is 5.73 Å². The number of rotatable bonds is 1. The topological polar surface area (TPSA) is 69.1 Å². The highest BCUT2D eigenvalue weighted by Crippen LogP contribution is 2.21. The molecule has 3 rings (SSSR count). The molecule has 0 unspecified atom stereocenters. The fraction of sp³-hybridized carbons (Fsp3) is 0. The van der Waals surface area contributed by atoms with Crippen molar-refractivity contribution in [3.8, 4) is 11.4 Å². The SMILES string of the molecule is Nc1ccccc1-c1nc2ncccn2n1. The molecule has 78 valence electrons. The maximum Gasteiger partial charge on any atom is 0.252 e. The van der Waals surface area contributed by atoms with E-state index >= 15 is 0 Å². The summed E-state index contributed by atoms with van der Waals surface area (Å²) in [6.07, 6.45) is 3.49. The van der Waals surface area contributed by atoms with E-state index in [-0.39, 0.29) is 0 Å². The molecule has 0 saturated carbocycles. The van der Waals surface area contributed by atoms with Gasteiger partial charge >= 0.3 is 0 Å². The summed E-state index contributed by atoms with van der Waals surface area (Å²) >= 11 is 0. The van der Waals surface area contributed by atoms with Crippen molar-refractivity contribution < 1.29 is 0 Å². The molecule has 3 aromatic rings. The van der Waals surface area contributed by atoms with E-state index in [0.717, 1.165) is 5.56 Å². The highest BCUT2D eigenvalue weighted by Gasteiger charge is 2.08. The standard InChI is InChI=1S/C11H9N5/c12-9-5-2-1-4-8(9)10-14-11-13-6-3-7-16(11)15-10/h1-7H,12H2. The average molecular weight is 211 g/mol. The van der Waals surface area contributed by atoms with Crippen LogP contribution < -0.4 is 5.73 Å². The molecule has 0 amide bonds. The summed E-state index contributed by atoms with van der Waals surface area (Å²) < 4.78 is 1.63. The van der Waals surface area contributed by atoms with E-state index in [1.54, 1.807) is 23.0 Å². The van der Waals surface area contributed by atoms with Crippen LogP contribution in [-0.2, 0) is 0 Å². The number of nitrogens with two attached hydrogens (primary N) is 1. The highest BCUT2D eigenvalue weighted by molar-refractivity contribution is 5.71. The van der Waals surface area contributed by atoms with Crippen LogP contribution in [0.4, 0.5) is 5.69 Å². The molecule has 16 heavy (non-hydrogen) atoms. The number of fused-ring (bicyclic) bond motifs is 1. The van der Waals surface area contributed by atoms with Crippen molar-refractivity contribution in [3.05, 3.63) is 42.7 Å². The number of hydrogen-bond donors (Lipinski definition) is 1. The van der Waals surface area contributed by atoms with E-state index in [2.05, 4.69) is 15.1 Å². The predicted molar refractivity (Wildman–Crippen MR) is 60.6 cm³/mol. The van der Waals surface area contributed by atoms with Crippen LogP contribution in [0, 0.1) is 0 Å². The zero-order valence-corrected chi connectivity index (χ0v) is 8.41. The predicted octanol–water partition coefficient (Wildman–Crippen LogP) is 1.37. The van der Waals surface area contributed by atoms with Crippen LogP contribution >= 0.6 is 0 Å². The molecule has 0 aliphatic rings. The van der Waals surface area contributed by atoms with Crippen molar-refractivity contribution >= 4 is 11.5 Å². The number of nitrogens with zero attached hydrogens (tertiary/aromatic N) is 4. The Kier molecular flexibility index (Phi) is 1.83. The van der Waals surface area contributed by atoms with Crippen LogP contribution in [0.1, 0.15) is 0 Å². The maximum absolute atomic E-state index is 5.86. The number of hydrogen-bond acceptors (Lipinski definition) is 4. The maximum atomic E-state index is 5.86. The summed E-state index contributed by atoms with van der Waals surface area (Å²) in [6, 6.07) is 9.32. The summed E-state index contributed by atoms with van der Waals surface area (Å²) in [5, 5.41) is 4.31. The molecule has 0 aliphatic heterocycles. The minimum absolute atomic E-state index is 0.570. The van der Waals surface area contributed by atoms with Crippen molar-refractivity contribution in [1.82, 2.24) is 19.6 Å². The fourth-order valence-corrected chi connectivity index (χ4v) is 1.55. The lowest BCUT2D eigenvalue weighted by atomic mass is 10.2. The van der Waals surface area contributed by atoms with Crippen LogP contribution in [0.25, 0.3) is 17.2 Å². The summed E-state index contributed by atoms with van der Waals surface area (Å²) in [4.78, 5) is 8.41. The molecule has 1 aromatic carbocycles. The van der Waals surface area contributed by atoms with Gasteiger partial charge in [-0.25, -0.2) is 9.50 Å². The Morgan fingerprint density at radius 2 is 2.00 bits per heavy atom. The van der Waals surface area contributed by atoms with Crippen molar-refractivity contribution in [2.24, 2.45) is 0 Å². The monoisotopic (exact) mass is 211 g/mol. The third-order valence-electron chi connectivity index (χ3n) is 2.32. The second-order valence-electron chi connectivity index (χ2n) is 3.39. The highest BCUT2D eigenvalue weighted by atomic mass is 15.3. The number of nitrogen functional groups attached to an aromatic ring is 1. The Labute approximate surface area is 91.6 Å². The van der Waals surface area contributed by atoms with Gasteiger partial charge < -0.3 is 5.73 Å². The Hall–Kier alpha value is -2.43. The molecule has 0 aliphatic carbocycles. The van der Waals surface area contributed by atoms with Gasteiger partial charge in [-0.2, -0.15) is 4.98 Å². The molecule has 2 N–H and O–H groups in total. The van der Waals surface area contributed by atoms with E-state index < -0.39 is 0 Å². The van der Waals surface area contributed by atoms with Crippen LogP contribution in [0.5, 0.6) is 0 Å². The van der Waals surface area contributed by atoms with Crippen LogP contribution in [0.2, 0.25) is 0 Å². The zero-order valence-electron chi connectivity index (χ0n) is 8.41. The molecule has 0 spiro atoms. The first-order valence-electron chi connectivity index (χ1n) is 4.87. The second kappa shape index (κ2) is 3.30. The Balaban J connectivity index is 2.23. The third kappa shape index (κ3) is 1.30. The van der Waals surface area contributed by atoms with Gasteiger partial charge in [0.15, 0.2) is 5.82 Å². The lowest BCUT2D eigenvalue weighted by Crippen LogP contribution is -1.91. The van der Waals surface area contributed by atoms with Crippen molar-refractivity contribution in [2.45, 2.75) is 0 Å². The molecule has 0 fully saturated rings. The lowest BCUT2D eigenvalue weighted by molar-refractivity contribution is 0.943. The number of aromatic nitrogens is 4. The second-order valence-corrected chi connectivity index (χ2v) is 3.39. The molecule has 2 heterocycles. The van der Waals surface area contributed by atoms with Gasteiger partial charge in [0.25, 0.3) is 5.78 Å². The first-order valence-corrected chi connectivity index (χ1v) is 4.87. The average Bonchev–Trinajstić information content (AvgIpc) is 2.73. The van der Waals surface area contributed by atoms with Gasteiger partial charge in [0, 0.05) is 23.6 Å². The molecule has 0 saturated heterocycles. The van der Waals surface area contributed by atoms with Crippen LogP contribution in [0.15, 0.2) is 42.7 Å². The number of para-hydroxylation sites is 1. The van der Waals surface area contributed by atoms with E-state index in [0.29, 0.717) is 17.3 Å². The molecular formula is C11H9N5. The van der Waals surface area contributed by atoms with Gasteiger partial charge in [0.2, 0.25) is 0 Å². The minimum Gasteiger partial charge on any atom is -0.398 e. The molecule has 5 heteroatoms. The molecule has 2 aromatic heterocycles. The summed E-state index contributed by atoms with van der Waals surface area (Å²) in [7, 11) is 0. The van der Waals surface area contributed by atoms with Crippen molar-refractivity contribution in [2.75, 3.05) is 5.73 Å². The van der Waals surface area contributed by atoms with E-state index in [9.17, 15) is 0 Å². The van der Waals surface area contributed by atoms with Crippen molar-refractivity contribution in [1.29, 1.82) is 0 Å². The largest absolute Gasteiger partial charge is 0.398 e. The first kappa shape index (κ1) is 8.84. The summed E-state index contributed by atoms with van der Waals surface area (Å²) in [6.45, 7) is 0. The van der Waals surface area contributed by atoms with Gasteiger partial charge in [-0.1, -0.05) is 12.1 Å². The quantitative estimate of drug-likeness (QED) is 0.617. The first-order chi connectivity index (χ1) is 7.84.